The van der Waals surface area contributed by atoms with Crippen molar-refractivity contribution in [1.29, 1.82) is 0 Å². The Hall–Kier alpha value is -2.27. The molecule has 0 fully saturated rings. The van der Waals surface area contributed by atoms with Gasteiger partial charge in [-0.25, -0.2) is 0 Å². The van der Waals surface area contributed by atoms with Gasteiger partial charge in [0, 0.05) is 5.56 Å². The van der Waals surface area contributed by atoms with Crippen LogP contribution in [0.15, 0.2) is 17.2 Å². The van der Waals surface area contributed by atoms with Gasteiger partial charge in [-0.05, 0) is 112 Å². The maximum absolute atomic E-state index is 10.4. The van der Waals surface area contributed by atoms with Crippen molar-refractivity contribution in [2.45, 2.75) is 60.0 Å². The number of fused-ring (bicyclic) bond motifs is 1. The number of phenolic OH excluding ortho intramolecular Hbond substituents is 1. The van der Waals surface area contributed by atoms with Gasteiger partial charge in [-0.1, -0.05) is 0 Å². The fourth-order valence-electron chi connectivity index (χ4n) is 4.14. The summed E-state index contributed by atoms with van der Waals surface area (Å²) >= 11 is 1.54. The number of phenols is 1. The lowest BCUT2D eigenvalue weighted by Crippen LogP contribution is -2.42. The molecule has 1 heterocycles. The van der Waals surface area contributed by atoms with E-state index >= 15 is 0 Å². The minimum Gasteiger partial charge on any atom is -0.507 e. The van der Waals surface area contributed by atoms with Crippen LogP contribution in [0.3, 0.4) is 0 Å². The van der Waals surface area contributed by atoms with Crippen molar-refractivity contribution >= 4 is 17.8 Å². The Bertz CT molecular complexity index is 989. The lowest BCUT2D eigenvalue weighted by Gasteiger charge is -2.37. The van der Waals surface area contributed by atoms with Crippen molar-refractivity contribution in [2.24, 2.45) is 5.73 Å². The van der Waals surface area contributed by atoms with Crippen molar-refractivity contribution in [1.82, 2.24) is 0 Å². The molecule has 0 radical (unpaired) electrons. The molecule has 0 saturated heterocycles. The highest BCUT2D eigenvalue weighted by atomic mass is 32.2. The van der Waals surface area contributed by atoms with Gasteiger partial charge in [0.15, 0.2) is 0 Å². The highest BCUT2D eigenvalue weighted by molar-refractivity contribution is 8.02. The molecule has 0 bridgehead atoms. The molecule has 0 saturated carbocycles. The molecule has 162 valence electrons. The zero-order valence-electron chi connectivity index (χ0n) is 19.1. The third kappa shape index (κ3) is 4.27. The van der Waals surface area contributed by atoms with Crippen LogP contribution in [0.2, 0.25) is 0 Å². The summed E-state index contributed by atoms with van der Waals surface area (Å²) < 4.78 is 12.8. The lowest BCUT2D eigenvalue weighted by atomic mass is 9.87. The van der Waals surface area contributed by atoms with Gasteiger partial charge in [0.25, 0.3) is 0 Å². The zero-order chi connectivity index (χ0) is 22.2. The van der Waals surface area contributed by atoms with Crippen LogP contribution in [0, 0.1) is 34.6 Å². The molecule has 3 rings (SSSR count). The van der Waals surface area contributed by atoms with Gasteiger partial charge in [-0.3, -0.25) is 0 Å². The molecule has 1 atom stereocenters. The average molecular weight is 428 g/mol. The van der Waals surface area contributed by atoms with E-state index in [2.05, 4.69) is 32.9 Å². The summed E-state index contributed by atoms with van der Waals surface area (Å²) in [6.07, 6.45) is 5.66. The Balaban J connectivity index is 1.82. The number of rotatable bonds is 5. The first kappa shape index (κ1) is 22.4. The standard InChI is InChI=1S/C25H33NO3S/c1-14-10-19(12-21(26)30-7)11-15(2)23(14)28-13-25(6)9-8-20-18(5)22(27)16(3)17(4)24(20)29-25/h10-12,27H,8-9,13,26H2,1-7H3/b21-12-. The van der Waals surface area contributed by atoms with Crippen LogP contribution in [0.1, 0.15) is 52.3 Å². The highest BCUT2D eigenvalue weighted by Crippen LogP contribution is 2.43. The van der Waals surface area contributed by atoms with Crippen LogP contribution < -0.4 is 15.2 Å². The number of ether oxygens (including phenoxy) is 2. The van der Waals surface area contributed by atoms with E-state index in [1.807, 2.05) is 33.1 Å². The summed E-state index contributed by atoms with van der Waals surface area (Å²) in [6, 6.07) is 4.20. The van der Waals surface area contributed by atoms with E-state index in [4.69, 9.17) is 15.2 Å². The highest BCUT2D eigenvalue weighted by Gasteiger charge is 2.35. The predicted molar refractivity (Wildman–Crippen MR) is 127 cm³/mol. The van der Waals surface area contributed by atoms with Crippen LogP contribution >= 0.6 is 11.8 Å². The van der Waals surface area contributed by atoms with Gasteiger partial charge < -0.3 is 20.3 Å². The Morgan fingerprint density at radius 3 is 2.40 bits per heavy atom. The van der Waals surface area contributed by atoms with E-state index in [9.17, 15) is 5.11 Å². The summed E-state index contributed by atoms with van der Waals surface area (Å²) in [5.74, 6) is 2.19. The molecule has 0 amide bonds. The van der Waals surface area contributed by atoms with E-state index in [1.54, 1.807) is 0 Å². The van der Waals surface area contributed by atoms with Gasteiger partial charge in [0.05, 0.1) is 5.03 Å². The maximum Gasteiger partial charge on any atom is 0.140 e. The second kappa shape index (κ2) is 8.46. The molecule has 1 aliphatic heterocycles. The molecule has 1 aliphatic rings. The molecule has 1 unspecified atom stereocenters. The quantitative estimate of drug-likeness (QED) is 0.639. The molecule has 0 aliphatic carbocycles. The number of nitrogens with two attached hydrogens (primary N) is 1. The van der Waals surface area contributed by atoms with E-state index in [1.165, 1.54) is 11.8 Å². The second-order valence-electron chi connectivity index (χ2n) is 8.61. The number of thioether (sulfide) groups is 1. The fourth-order valence-corrected chi connectivity index (χ4v) is 4.39. The number of aryl methyl sites for hydroxylation is 2. The minimum atomic E-state index is -0.422. The molecular formula is C25H33NO3S. The lowest BCUT2D eigenvalue weighted by molar-refractivity contribution is 0.0162. The van der Waals surface area contributed by atoms with Crippen LogP contribution in [-0.4, -0.2) is 23.6 Å². The summed E-state index contributed by atoms with van der Waals surface area (Å²) in [4.78, 5) is 0. The Morgan fingerprint density at radius 2 is 1.80 bits per heavy atom. The van der Waals surface area contributed by atoms with Crippen molar-refractivity contribution < 1.29 is 14.6 Å². The largest absolute Gasteiger partial charge is 0.507 e. The molecule has 30 heavy (non-hydrogen) atoms. The van der Waals surface area contributed by atoms with Gasteiger partial charge in [0.2, 0.25) is 0 Å². The Kier molecular flexibility index (Phi) is 6.32. The average Bonchev–Trinajstić information content (AvgIpc) is 2.69. The van der Waals surface area contributed by atoms with Crippen molar-refractivity contribution in [2.75, 3.05) is 12.9 Å². The minimum absolute atomic E-state index is 0.386. The number of aromatic hydroxyl groups is 1. The third-order valence-corrected chi connectivity index (χ3v) is 6.73. The van der Waals surface area contributed by atoms with Crippen molar-refractivity contribution in [3.8, 4) is 17.2 Å². The zero-order valence-corrected chi connectivity index (χ0v) is 19.9. The number of hydrogen-bond acceptors (Lipinski definition) is 5. The molecular weight excluding hydrogens is 394 g/mol. The van der Waals surface area contributed by atoms with E-state index in [-0.39, 0.29) is 0 Å². The summed E-state index contributed by atoms with van der Waals surface area (Å²) in [7, 11) is 0. The first-order chi connectivity index (χ1) is 14.1. The maximum atomic E-state index is 10.4. The number of hydrogen-bond donors (Lipinski definition) is 2. The van der Waals surface area contributed by atoms with Crippen LogP contribution in [0.5, 0.6) is 17.2 Å². The van der Waals surface area contributed by atoms with Gasteiger partial charge >= 0.3 is 0 Å². The monoisotopic (exact) mass is 427 g/mol. The smallest absolute Gasteiger partial charge is 0.140 e. The van der Waals surface area contributed by atoms with E-state index in [0.717, 1.165) is 68.3 Å². The van der Waals surface area contributed by atoms with Gasteiger partial charge in [0.1, 0.15) is 29.5 Å². The Morgan fingerprint density at radius 1 is 1.17 bits per heavy atom. The molecule has 4 nitrogen and oxygen atoms in total. The second-order valence-corrected chi connectivity index (χ2v) is 9.49. The number of benzene rings is 2. The van der Waals surface area contributed by atoms with Crippen LogP contribution in [0.25, 0.3) is 6.08 Å². The summed E-state index contributed by atoms with van der Waals surface area (Å²) in [5.41, 5.74) is 12.7. The molecule has 5 heteroatoms. The fraction of sp³-hybridized carbons (Fsp3) is 0.440. The van der Waals surface area contributed by atoms with E-state index < -0.39 is 5.60 Å². The molecule has 0 spiro atoms. The first-order valence-electron chi connectivity index (χ1n) is 10.3. The molecule has 3 N–H and O–H groups in total. The van der Waals surface area contributed by atoms with Gasteiger partial charge in [-0.2, -0.15) is 0 Å². The topological polar surface area (TPSA) is 64.7 Å². The molecule has 0 aromatic heterocycles. The summed E-state index contributed by atoms with van der Waals surface area (Å²) in [6.45, 7) is 12.6. The normalized spacial score (nSPS) is 18.7. The van der Waals surface area contributed by atoms with Crippen LogP contribution in [-0.2, 0) is 6.42 Å². The first-order valence-corrected chi connectivity index (χ1v) is 11.5. The van der Waals surface area contributed by atoms with Gasteiger partial charge in [-0.15, -0.1) is 11.8 Å². The van der Waals surface area contributed by atoms with E-state index in [0.29, 0.717) is 12.4 Å². The van der Waals surface area contributed by atoms with Crippen LogP contribution in [0.4, 0.5) is 0 Å². The van der Waals surface area contributed by atoms with Crippen molar-refractivity contribution in [3.05, 3.63) is 56.1 Å². The Labute approximate surface area is 184 Å². The SMILES string of the molecule is CS/C(N)=C\c1cc(C)c(OCC2(C)CCc3c(C)c(O)c(C)c(C)c3O2)c(C)c1. The molecule has 2 aromatic carbocycles. The van der Waals surface area contributed by atoms with Crippen molar-refractivity contribution in [3.63, 3.8) is 0 Å². The predicted octanol–water partition coefficient (Wildman–Crippen LogP) is 5.72. The molecule has 2 aromatic rings. The third-order valence-electron chi connectivity index (χ3n) is 6.14. The summed E-state index contributed by atoms with van der Waals surface area (Å²) in [5, 5.41) is 11.2.